The van der Waals surface area contributed by atoms with Gasteiger partial charge in [-0.2, -0.15) is 0 Å². The summed E-state index contributed by atoms with van der Waals surface area (Å²) in [4.78, 5) is 27.9. The molecule has 0 saturated heterocycles. The van der Waals surface area contributed by atoms with Gasteiger partial charge in [-0.15, -0.1) is 0 Å². The van der Waals surface area contributed by atoms with Crippen LogP contribution in [-0.2, 0) is 17.8 Å². The lowest BCUT2D eigenvalue weighted by molar-refractivity contribution is -0.128. The van der Waals surface area contributed by atoms with Gasteiger partial charge < -0.3 is 15.5 Å². The van der Waals surface area contributed by atoms with E-state index in [1.165, 1.54) is 5.56 Å². The van der Waals surface area contributed by atoms with Crippen molar-refractivity contribution in [3.05, 3.63) is 95.6 Å². The molecule has 0 aliphatic heterocycles. The molecule has 2 amide bonds. The lowest BCUT2D eigenvalue weighted by Crippen LogP contribution is -2.32. The lowest BCUT2D eigenvalue weighted by Gasteiger charge is -2.18. The average molecular weight is 416 g/mol. The van der Waals surface area contributed by atoms with Gasteiger partial charge in [-0.25, -0.2) is 0 Å². The molecule has 0 bridgehead atoms. The van der Waals surface area contributed by atoms with Crippen molar-refractivity contribution in [2.45, 2.75) is 13.0 Å². The molecule has 0 atom stereocenters. The second-order valence-corrected chi connectivity index (χ2v) is 7.69. The van der Waals surface area contributed by atoms with E-state index in [4.69, 9.17) is 5.73 Å². The third-order valence-electron chi connectivity index (χ3n) is 5.34. The summed E-state index contributed by atoms with van der Waals surface area (Å²) in [6.45, 7) is 1.18. The molecule has 0 aliphatic rings. The fourth-order valence-corrected chi connectivity index (χ4v) is 3.44. The van der Waals surface area contributed by atoms with Gasteiger partial charge in [0.2, 0.25) is 5.91 Å². The fraction of sp³-hybridized carbons (Fsp3) is 0.231. The first-order valence-electron chi connectivity index (χ1n) is 10.4. The normalized spacial score (nSPS) is 10.5. The number of benzene rings is 3. The van der Waals surface area contributed by atoms with Gasteiger partial charge >= 0.3 is 0 Å². The number of carbonyl (C=O) groups excluding carboxylic acids is 2. The summed E-state index contributed by atoms with van der Waals surface area (Å²) >= 11 is 0. The zero-order valence-electron chi connectivity index (χ0n) is 18.1. The quantitative estimate of drug-likeness (QED) is 0.611. The van der Waals surface area contributed by atoms with Crippen LogP contribution in [0.2, 0.25) is 0 Å². The van der Waals surface area contributed by atoms with Gasteiger partial charge in [0, 0.05) is 32.7 Å². The number of nitrogens with zero attached hydrogens (tertiary/aromatic N) is 2. The molecule has 3 rings (SSSR count). The smallest absolute Gasteiger partial charge is 0.253 e. The molecule has 0 radical (unpaired) electrons. The van der Waals surface area contributed by atoms with Crippen LogP contribution in [0.5, 0.6) is 0 Å². The molecule has 0 aliphatic carbocycles. The van der Waals surface area contributed by atoms with Gasteiger partial charge in [0.25, 0.3) is 5.91 Å². The standard InChI is InChI=1S/C26H29N3O2/c1-28(16-15-20-7-4-3-5-8-20)26(31)23-13-11-22(12-14-23)24-10-6-9-21(17-24)19-29(2)25(30)18-27/h3-14,17H,15-16,18-19,27H2,1-2H3. The maximum atomic E-state index is 12.8. The molecular formula is C26H29N3O2. The Kier molecular flexibility index (Phi) is 7.57. The molecule has 0 unspecified atom stereocenters. The predicted octanol–water partition coefficient (Wildman–Crippen LogP) is 3.59. The molecule has 31 heavy (non-hydrogen) atoms. The van der Waals surface area contributed by atoms with E-state index in [0.29, 0.717) is 18.7 Å². The topological polar surface area (TPSA) is 66.6 Å². The molecule has 0 spiro atoms. The molecule has 3 aromatic rings. The van der Waals surface area contributed by atoms with Gasteiger partial charge in [-0.05, 0) is 46.9 Å². The Morgan fingerprint density at radius 3 is 2.13 bits per heavy atom. The van der Waals surface area contributed by atoms with E-state index in [2.05, 4.69) is 18.2 Å². The first-order valence-corrected chi connectivity index (χ1v) is 10.4. The Bertz CT molecular complexity index is 1020. The van der Waals surface area contributed by atoms with Crippen LogP contribution in [-0.4, -0.2) is 48.8 Å². The van der Waals surface area contributed by atoms with Crippen LogP contribution in [0.15, 0.2) is 78.9 Å². The first-order chi connectivity index (χ1) is 15.0. The van der Waals surface area contributed by atoms with E-state index in [1.54, 1.807) is 16.8 Å². The SMILES string of the molecule is CN(Cc1cccc(-c2ccc(C(=O)N(C)CCc3ccccc3)cc2)c1)C(=O)CN. The summed E-state index contributed by atoms with van der Waals surface area (Å²) in [5, 5.41) is 0. The van der Waals surface area contributed by atoms with Crippen LogP contribution in [0.4, 0.5) is 0 Å². The minimum atomic E-state index is -0.0929. The van der Waals surface area contributed by atoms with Gasteiger partial charge in [-0.3, -0.25) is 9.59 Å². The number of hydrogen-bond acceptors (Lipinski definition) is 3. The van der Waals surface area contributed by atoms with E-state index in [9.17, 15) is 9.59 Å². The minimum absolute atomic E-state index is 0.00543. The number of likely N-dealkylation sites (N-methyl/N-ethyl adjacent to an activating group) is 2. The lowest BCUT2D eigenvalue weighted by atomic mass is 10.0. The summed E-state index contributed by atoms with van der Waals surface area (Å²) in [7, 11) is 3.58. The number of hydrogen-bond donors (Lipinski definition) is 1. The Balaban J connectivity index is 1.65. The Hall–Kier alpha value is -3.44. The molecule has 3 aromatic carbocycles. The Morgan fingerprint density at radius 1 is 0.774 bits per heavy atom. The predicted molar refractivity (Wildman–Crippen MR) is 125 cm³/mol. The van der Waals surface area contributed by atoms with Crippen molar-refractivity contribution in [1.29, 1.82) is 0 Å². The Labute approximate surface area is 184 Å². The van der Waals surface area contributed by atoms with Crippen molar-refractivity contribution in [2.75, 3.05) is 27.2 Å². The van der Waals surface area contributed by atoms with E-state index in [0.717, 1.165) is 23.1 Å². The zero-order chi connectivity index (χ0) is 22.2. The van der Waals surface area contributed by atoms with Gasteiger partial charge in [0.15, 0.2) is 0 Å². The molecule has 0 saturated carbocycles. The largest absolute Gasteiger partial charge is 0.341 e. The van der Waals surface area contributed by atoms with Crippen molar-refractivity contribution in [2.24, 2.45) is 5.73 Å². The fourth-order valence-electron chi connectivity index (χ4n) is 3.44. The maximum absolute atomic E-state index is 12.8. The minimum Gasteiger partial charge on any atom is -0.341 e. The zero-order valence-corrected chi connectivity index (χ0v) is 18.1. The summed E-state index contributed by atoms with van der Waals surface area (Å²) in [6.07, 6.45) is 0.828. The highest BCUT2D eigenvalue weighted by Crippen LogP contribution is 2.22. The molecule has 2 N–H and O–H groups in total. The highest BCUT2D eigenvalue weighted by Gasteiger charge is 2.12. The van der Waals surface area contributed by atoms with E-state index in [1.807, 2.05) is 67.7 Å². The highest BCUT2D eigenvalue weighted by molar-refractivity contribution is 5.94. The van der Waals surface area contributed by atoms with Crippen LogP contribution in [0, 0.1) is 0 Å². The third-order valence-corrected chi connectivity index (χ3v) is 5.34. The van der Waals surface area contributed by atoms with Crippen LogP contribution in [0.1, 0.15) is 21.5 Å². The van der Waals surface area contributed by atoms with Crippen molar-refractivity contribution in [1.82, 2.24) is 9.80 Å². The van der Waals surface area contributed by atoms with Gasteiger partial charge in [-0.1, -0.05) is 60.7 Å². The van der Waals surface area contributed by atoms with E-state index in [-0.39, 0.29) is 18.4 Å². The number of carbonyl (C=O) groups is 2. The van der Waals surface area contributed by atoms with E-state index >= 15 is 0 Å². The molecular weight excluding hydrogens is 386 g/mol. The summed E-state index contributed by atoms with van der Waals surface area (Å²) < 4.78 is 0. The van der Waals surface area contributed by atoms with Crippen molar-refractivity contribution < 1.29 is 9.59 Å². The molecule has 0 fully saturated rings. The average Bonchev–Trinajstić information content (AvgIpc) is 2.82. The van der Waals surface area contributed by atoms with E-state index < -0.39 is 0 Å². The highest BCUT2D eigenvalue weighted by atomic mass is 16.2. The monoisotopic (exact) mass is 415 g/mol. The summed E-state index contributed by atoms with van der Waals surface area (Å²) in [5.74, 6) is -0.0807. The van der Waals surface area contributed by atoms with Gasteiger partial charge in [0.05, 0.1) is 6.54 Å². The number of rotatable bonds is 8. The maximum Gasteiger partial charge on any atom is 0.253 e. The second kappa shape index (κ2) is 10.5. The van der Waals surface area contributed by atoms with Gasteiger partial charge in [0.1, 0.15) is 0 Å². The molecule has 160 valence electrons. The molecule has 5 heteroatoms. The molecule has 0 heterocycles. The van der Waals surface area contributed by atoms with Crippen LogP contribution in [0.25, 0.3) is 11.1 Å². The molecule has 5 nitrogen and oxygen atoms in total. The first kappa shape index (κ1) is 22.2. The number of nitrogens with two attached hydrogens (primary N) is 1. The van der Waals surface area contributed by atoms with Crippen LogP contribution >= 0.6 is 0 Å². The molecule has 0 aromatic heterocycles. The van der Waals surface area contributed by atoms with Crippen molar-refractivity contribution >= 4 is 11.8 Å². The van der Waals surface area contributed by atoms with Crippen molar-refractivity contribution in [3.8, 4) is 11.1 Å². The van der Waals surface area contributed by atoms with Crippen LogP contribution in [0.3, 0.4) is 0 Å². The Morgan fingerprint density at radius 2 is 1.45 bits per heavy atom. The summed E-state index contributed by atoms with van der Waals surface area (Å²) in [6, 6.07) is 25.9. The van der Waals surface area contributed by atoms with Crippen LogP contribution < -0.4 is 5.73 Å². The van der Waals surface area contributed by atoms with Crippen molar-refractivity contribution in [3.63, 3.8) is 0 Å². The number of amides is 2. The second-order valence-electron chi connectivity index (χ2n) is 7.69. The third kappa shape index (κ3) is 6.03. The summed E-state index contributed by atoms with van der Waals surface area (Å²) in [5.41, 5.74) is 10.4.